The molecule has 2 atom stereocenters. The minimum absolute atomic E-state index is 0.101. The Hall–Kier alpha value is -1.13. The molecule has 1 aromatic rings. The number of carbonyl (C=O) groups is 1. The van der Waals surface area contributed by atoms with E-state index in [0.29, 0.717) is 12.1 Å². The normalized spacial score (nSPS) is 22.5. The third-order valence-corrected chi connectivity index (χ3v) is 3.95. The summed E-state index contributed by atoms with van der Waals surface area (Å²) in [5.74, 6) is -0.649. The number of rotatable bonds is 3. The predicted octanol–water partition coefficient (Wildman–Crippen LogP) is 2.68. The number of carbonyl (C=O) groups excluding carboxylic acids is 1. The van der Waals surface area contributed by atoms with Gasteiger partial charge in [0.15, 0.2) is 0 Å². The molecule has 0 heterocycles. The van der Waals surface area contributed by atoms with Crippen molar-refractivity contribution < 1.29 is 14.3 Å². The number of aryl methyl sites for hydroxylation is 1. The Morgan fingerprint density at radius 3 is 2.89 bits per heavy atom. The molecule has 5 heteroatoms. The van der Waals surface area contributed by atoms with E-state index in [9.17, 15) is 14.3 Å². The summed E-state index contributed by atoms with van der Waals surface area (Å²) >= 11 is 5.87. The summed E-state index contributed by atoms with van der Waals surface area (Å²) in [5.41, 5.74) is 0.656. The van der Waals surface area contributed by atoms with Gasteiger partial charge in [0.2, 0.25) is 0 Å². The summed E-state index contributed by atoms with van der Waals surface area (Å²) in [6.07, 6.45) is 2.35. The first-order valence-electron chi connectivity index (χ1n) is 6.41. The van der Waals surface area contributed by atoms with Crippen LogP contribution in [0.1, 0.15) is 35.2 Å². The summed E-state index contributed by atoms with van der Waals surface area (Å²) in [6.45, 7) is 2.01. The van der Waals surface area contributed by atoms with E-state index in [1.165, 1.54) is 6.07 Å². The molecular formula is C14H17ClFNO2. The zero-order chi connectivity index (χ0) is 14.0. The predicted molar refractivity (Wildman–Crippen MR) is 71.8 cm³/mol. The summed E-state index contributed by atoms with van der Waals surface area (Å²) in [5, 5.41) is 12.5. The van der Waals surface area contributed by atoms with E-state index in [4.69, 9.17) is 11.6 Å². The van der Waals surface area contributed by atoms with Gasteiger partial charge in [-0.25, -0.2) is 4.39 Å². The molecule has 19 heavy (non-hydrogen) atoms. The van der Waals surface area contributed by atoms with Crippen LogP contribution in [0.2, 0.25) is 5.02 Å². The number of amides is 1. The zero-order valence-corrected chi connectivity index (χ0v) is 11.5. The lowest BCUT2D eigenvalue weighted by Crippen LogP contribution is -2.32. The second-order valence-corrected chi connectivity index (χ2v) is 5.46. The van der Waals surface area contributed by atoms with Crippen LogP contribution >= 0.6 is 11.6 Å². The third kappa shape index (κ3) is 3.25. The topological polar surface area (TPSA) is 49.3 Å². The number of aliphatic hydroxyl groups excluding tert-OH is 1. The molecule has 104 valence electrons. The van der Waals surface area contributed by atoms with Gasteiger partial charge in [-0.15, -0.1) is 0 Å². The van der Waals surface area contributed by atoms with Crippen LogP contribution in [0.25, 0.3) is 0 Å². The van der Waals surface area contributed by atoms with Crippen molar-refractivity contribution in [3.8, 4) is 0 Å². The smallest absolute Gasteiger partial charge is 0.252 e. The van der Waals surface area contributed by atoms with E-state index in [1.807, 2.05) is 0 Å². The highest BCUT2D eigenvalue weighted by molar-refractivity contribution is 6.33. The van der Waals surface area contributed by atoms with Crippen molar-refractivity contribution in [3.05, 3.63) is 34.1 Å². The van der Waals surface area contributed by atoms with Crippen LogP contribution in [0.3, 0.4) is 0 Å². The monoisotopic (exact) mass is 285 g/mol. The van der Waals surface area contributed by atoms with Crippen molar-refractivity contribution in [1.82, 2.24) is 5.32 Å². The molecule has 1 saturated carbocycles. The highest BCUT2D eigenvalue weighted by atomic mass is 35.5. The first kappa shape index (κ1) is 14.3. The van der Waals surface area contributed by atoms with Gasteiger partial charge in [-0.3, -0.25) is 4.79 Å². The Morgan fingerprint density at radius 2 is 2.26 bits per heavy atom. The van der Waals surface area contributed by atoms with E-state index in [2.05, 4.69) is 5.32 Å². The van der Waals surface area contributed by atoms with Crippen LogP contribution in [0, 0.1) is 18.7 Å². The average Bonchev–Trinajstić information content (AvgIpc) is 2.76. The second-order valence-electron chi connectivity index (χ2n) is 5.05. The lowest BCUT2D eigenvalue weighted by atomic mass is 10.1. The third-order valence-electron chi connectivity index (χ3n) is 3.64. The molecule has 0 unspecified atom stereocenters. The molecule has 0 radical (unpaired) electrons. The fourth-order valence-electron chi connectivity index (χ4n) is 2.41. The van der Waals surface area contributed by atoms with Crippen molar-refractivity contribution in [2.45, 2.75) is 32.3 Å². The number of benzene rings is 1. The molecular weight excluding hydrogens is 269 g/mol. The minimum atomic E-state index is -0.423. The molecule has 1 aromatic carbocycles. The number of hydrogen-bond acceptors (Lipinski definition) is 2. The Labute approximate surface area is 116 Å². The zero-order valence-electron chi connectivity index (χ0n) is 10.7. The lowest BCUT2D eigenvalue weighted by Gasteiger charge is -2.15. The van der Waals surface area contributed by atoms with Crippen LogP contribution < -0.4 is 5.32 Å². The molecule has 1 fully saturated rings. The largest absolute Gasteiger partial charge is 0.393 e. The fourth-order valence-corrected chi connectivity index (χ4v) is 2.64. The van der Waals surface area contributed by atoms with E-state index >= 15 is 0 Å². The fraction of sp³-hybridized carbons (Fsp3) is 0.500. The molecule has 0 spiro atoms. The quantitative estimate of drug-likeness (QED) is 0.897. The van der Waals surface area contributed by atoms with Gasteiger partial charge in [0, 0.05) is 12.5 Å². The molecule has 2 rings (SSSR count). The van der Waals surface area contributed by atoms with Gasteiger partial charge in [0.25, 0.3) is 5.91 Å². The maximum absolute atomic E-state index is 13.3. The van der Waals surface area contributed by atoms with Crippen molar-refractivity contribution >= 4 is 17.5 Å². The Kier molecular flexibility index (Phi) is 4.42. The molecule has 0 aliphatic heterocycles. The van der Waals surface area contributed by atoms with Gasteiger partial charge in [-0.2, -0.15) is 0 Å². The summed E-state index contributed by atoms with van der Waals surface area (Å²) in [6, 6.07) is 2.59. The lowest BCUT2D eigenvalue weighted by molar-refractivity contribution is 0.0917. The number of nitrogens with one attached hydrogen (secondary N) is 1. The van der Waals surface area contributed by atoms with E-state index in [-0.39, 0.29) is 28.5 Å². The highest BCUT2D eigenvalue weighted by Gasteiger charge is 2.25. The summed E-state index contributed by atoms with van der Waals surface area (Å²) in [4.78, 5) is 12.0. The van der Waals surface area contributed by atoms with Crippen LogP contribution in [0.5, 0.6) is 0 Å². The van der Waals surface area contributed by atoms with Gasteiger partial charge in [-0.1, -0.05) is 18.0 Å². The summed E-state index contributed by atoms with van der Waals surface area (Å²) < 4.78 is 13.3. The van der Waals surface area contributed by atoms with Crippen molar-refractivity contribution in [3.63, 3.8) is 0 Å². The van der Waals surface area contributed by atoms with E-state index < -0.39 is 5.82 Å². The van der Waals surface area contributed by atoms with E-state index in [1.54, 1.807) is 6.92 Å². The highest BCUT2D eigenvalue weighted by Crippen LogP contribution is 2.25. The number of hydrogen-bond donors (Lipinski definition) is 2. The first-order chi connectivity index (χ1) is 8.99. The van der Waals surface area contributed by atoms with Crippen LogP contribution in [-0.2, 0) is 0 Å². The maximum Gasteiger partial charge on any atom is 0.252 e. The van der Waals surface area contributed by atoms with Crippen LogP contribution in [-0.4, -0.2) is 23.7 Å². The van der Waals surface area contributed by atoms with Crippen molar-refractivity contribution in [2.75, 3.05) is 6.54 Å². The molecule has 0 bridgehead atoms. The minimum Gasteiger partial charge on any atom is -0.393 e. The van der Waals surface area contributed by atoms with Gasteiger partial charge in [-0.05, 0) is 37.5 Å². The van der Waals surface area contributed by atoms with E-state index in [0.717, 1.165) is 25.3 Å². The molecule has 3 nitrogen and oxygen atoms in total. The average molecular weight is 286 g/mol. The summed E-state index contributed by atoms with van der Waals surface area (Å²) in [7, 11) is 0. The standard InChI is InChI=1S/C14H17ClFNO2/c1-8-5-10(11(15)6-12(8)16)14(19)17-7-9-3-2-4-13(9)18/h5-6,9,13,18H,2-4,7H2,1H3,(H,17,19)/t9-,13+/m1/s1. The molecule has 0 saturated heterocycles. The first-order valence-corrected chi connectivity index (χ1v) is 6.78. The Bertz CT molecular complexity index is 493. The van der Waals surface area contributed by atoms with Gasteiger partial charge >= 0.3 is 0 Å². The second kappa shape index (κ2) is 5.88. The molecule has 1 amide bonds. The van der Waals surface area contributed by atoms with Crippen LogP contribution in [0.15, 0.2) is 12.1 Å². The number of aliphatic hydroxyl groups is 1. The number of halogens is 2. The van der Waals surface area contributed by atoms with Gasteiger partial charge in [0.05, 0.1) is 16.7 Å². The molecule has 1 aliphatic rings. The maximum atomic E-state index is 13.3. The molecule has 1 aliphatic carbocycles. The van der Waals surface area contributed by atoms with Crippen LogP contribution in [0.4, 0.5) is 4.39 Å². The van der Waals surface area contributed by atoms with Crippen molar-refractivity contribution in [2.24, 2.45) is 5.92 Å². The van der Waals surface area contributed by atoms with Gasteiger partial charge in [0.1, 0.15) is 5.82 Å². The molecule has 2 N–H and O–H groups in total. The SMILES string of the molecule is Cc1cc(C(=O)NC[C@H]2CCC[C@@H]2O)c(Cl)cc1F. The van der Waals surface area contributed by atoms with Gasteiger partial charge < -0.3 is 10.4 Å². The van der Waals surface area contributed by atoms with Crippen molar-refractivity contribution in [1.29, 1.82) is 0 Å². The Balaban J connectivity index is 2.02. The molecule has 0 aromatic heterocycles. The Morgan fingerprint density at radius 1 is 1.53 bits per heavy atom.